The summed E-state index contributed by atoms with van der Waals surface area (Å²) in [6, 6.07) is 14.9. The quantitative estimate of drug-likeness (QED) is 0.367. The Bertz CT molecular complexity index is 1240. The molecular formula is C22H20ClN5O3. The second-order valence-electron chi connectivity index (χ2n) is 6.86. The molecule has 0 unspecified atom stereocenters. The van der Waals surface area contributed by atoms with Crippen LogP contribution in [0.1, 0.15) is 5.56 Å². The Hall–Kier alpha value is -3.78. The molecule has 0 aliphatic rings. The first-order chi connectivity index (χ1) is 15.0. The molecule has 4 aromatic rings. The molecule has 4 rings (SSSR count). The second-order valence-corrected chi connectivity index (χ2v) is 7.30. The molecule has 0 saturated heterocycles. The third-order valence-corrected chi connectivity index (χ3v) is 4.88. The van der Waals surface area contributed by atoms with E-state index >= 15 is 0 Å². The number of nitrogens with zero attached hydrogens (tertiary/aromatic N) is 3. The lowest BCUT2D eigenvalue weighted by Crippen LogP contribution is -2.25. The second kappa shape index (κ2) is 8.93. The van der Waals surface area contributed by atoms with E-state index in [2.05, 4.69) is 20.6 Å². The maximum absolute atomic E-state index is 10.7. The summed E-state index contributed by atoms with van der Waals surface area (Å²) in [6.45, 7) is 2.70. The van der Waals surface area contributed by atoms with Crippen molar-refractivity contribution in [2.45, 2.75) is 13.5 Å². The lowest BCUT2D eigenvalue weighted by atomic mass is 10.2. The first kappa shape index (κ1) is 20.5. The maximum atomic E-state index is 10.7. The summed E-state index contributed by atoms with van der Waals surface area (Å²) in [7, 11) is 0. The van der Waals surface area contributed by atoms with Crippen LogP contribution >= 0.6 is 11.6 Å². The minimum absolute atomic E-state index is 0.280. The Morgan fingerprint density at radius 1 is 1.19 bits per heavy atom. The summed E-state index contributed by atoms with van der Waals surface area (Å²) in [5, 5.41) is 15.1. The van der Waals surface area contributed by atoms with Crippen LogP contribution in [-0.2, 0) is 6.54 Å². The Morgan fingerprint density at radius 3 is 2.84 bits per heavy atom. The monoisotopic (exact) mass is 437 g/mol. The van der Waals surface area contributed by atoms with Gasteiger partial charge in [0.15, 0.2) is 5.82 Å². The van der Waals surface area contributed by atoms with Crippen molar-refractivity contribution in [1.82, 2.24) is 19.9 Å². The van der Waals surface area contributed by atoms with Gasteiger partial charge in [0.2, 0.25) is 0 Å². The minimum atomic E-state index is -1.05. The van der Waals surface area contributed by atoms with Gasteiger partial charge in [0, 0.05) is 30.0 Å². The molecule has 0 fully saturated rings. The van der Waals surface area contributed by atoms with Crippen LogP contribution in [0.3, 0.4) is 0 Å². The van der Waals surface area contributed by atoms with Crippen LogP contribution in [-0.4, -0.2) is 32.3 Å². The highest BCUT2D eigenvalue weighted by atomic mass is 35.5. The summed E-state index contributed by atoms with van der Waals surface area (Å²) < 4.78 is 7.85. The van der Waals surface area contributed by atoms with Crippen molar-refractivity contribution in [2.24, 2.45) is 0 Å². The van der Waals surface area contributed by atoms with E-state index in [-0.39, 0.29) is 6.54 Å². The average Bonchev–Trinajstić information content (AvgIpc) is 3.14. The normalized spacial score (nSPS) is 10.8. The molecule has 3 N–H and O–H groups in total. The van der Waals surface area contributed by atoms with Crippen LogP contribution in [0, 0.1) is 6.92 Å². The van der Waals surface area contributed by atoms with E-state index in [0.717, 1.165) is 28.0 Å². The van der Waals surface area contributed by atoms with Crippen LogP contribution in [0.25, 0.3) is 11.0 Å². The maximum Gasteiger partial charge on any atom is 0.404 e. The average molecular weight is 438 g/mol. The lowest BCUT2D eigenvalue weighted by Gasteiger charge is -2.13. The van der Waals surface area contributed by atoms with Crippen molar-refractivity contribution < 1.29 is 14.6 Å². The predicted octanol–water partition coefficient (Wildman–Crippen LogP) is 5.20. The third kappa shape index (κ3) is 4.87. The lowest BCUT2D eigenvalue weighted by molar-refractivity contribution is 0.194. The fourth-order valence-corrected chi connectivity index (χ4v) is 3.41. The van der Waals surface area contributed by atoms with E-state index < -0.39 is 6.09 Å². The molecule has 2 aromatic carbocycles. The highest BCUT2D eigenvalue weighted by Crippen LogP contribution is 2.30. The molecule has 31 heavy (non-hydrogen) atoms. The molecule has 1 amide bonds. The van der Waals surface area contributed by atoms with E-state index in [0.29, 0.717) is 23.1 Å². The third-order valence-electron chi connectivity index (χ3n) is 4.64. The number of nitrogens with one attached hydrogen (secondary N) is 2. The van der Waals surface area contributed by atoms with E-state index in [4.69, 9.17) is 21.4 Å². The van der Waals surface area contributed by atoms with Crippen LogP contribution in [0.4, 0.5) is 16.3 Å². The number of amides is 1. The molecule has 0 radical (unpaired) electrons. The highest BCUT2D eigenvalue weighted by molar-refractivity contribution is 6.30. The van der Waals surface area contributed by atoms with Gasteiger partial charge in [0.1, 0.15) is 23.3 Å². The van der Waals surface area contributed by atoms with Crippen molar-refractivity contribution in [3.05, 3.63) is 71.6 Å². The van der Waals surface area contributed by atoms with Crippen molar-refractivity contribution in [3.63, 3.8) is 0 Å². The number of hydrogen-bond acceptors (Lipinski definition) is 5. The van der Waals surface area contributed by atoms with Gasteiger partial charge in [-0.3, -0.25) is 0 Å². The van der Waals surface area contributed by atoms with E-state index in [1.807, 2.05) is 54.1 Å². The number of aromatic nitrogens is 3. The SMILES string of the molecule is Cc1cc(Nc2ncnc3ccn(CCNC(=O)O)c23)ccc1Oc1cccc(Cl)c1. The van der Waals surface area contributed by atoms with E-state index in [1.165, 1.54) is 6.33 Å². The zero-order valence-electron chi connectivity index (χ0n) is 16.7. The number of aryl methyl sites for hydroxylation is 1. The number of hydrogen-bond donors (Lipinski definition) is 3. The molecule has 0 aliphatic carbocycles. The first-order valence-electron chi connectivity index (χ1n) is 9.57. The van der Waals surface area contributed by atoms with Crippen molar-refractivity contribution in [3.8, 4) is 11.5 Å². The molecule has 0 aliphatic heterocycles. The topological polar surface area (TPSA) is 101 Å². The van der Waals surface area contributed by atoms with Crippen LogP contribution < -0.4 is 15.4 Å². The Labute approximate surface area is 183 Å². The highest BCUT2D eigenvalue weighted by Gasteiger charge is 2.11. The standard InChI is InChI=1S/C22H20ClN5O3/c1-14-11-16(5-6-19(14)31-17-4-2-3-15(23)12-17)27-21-20-18(25-13-26-21)7-9-28(20)10-8-24-22(29)30/h2-7,9,11-13,24H,8,10H2,1H3,(H,29,30)(H,25,26,27). The smallest absolute Gasteiger partial charge is 0.404 e. The number of anilines is 2. The molecule has 2 heterocycles. The number of halogens is 1. The van der Waals surface area contributed by atoms with Crippen LogP contribution in [0.15, 0.2) is 61.1 Å². The summed E-state index contributed by atoms with van der Waals surface area (Å²) in [5.74, 6) is 2.03. The number of carboxylic acid groups (broad SMARTS) is 1. The Balaban J connectivity index is 1.55. The zero-order valence-corrected chi connectivity index (χ0v) is 17.4. The molecule has 0 spiro atoms. The van der Waals surface area contributed by atoms with Crippen molar-refractivity contribution in [2.75, 3.05) is 11.9 Å². The molecular weight excluding hydrogens is 418 g/mol. The Morgan fingerprint density at radius 2 is 2.06 bits per heavy atom. The summed E-state index contributed by atoms with van der Waals surface area (Å²) in [5.41, 5.74) is 3.35. The van der Waals surface area contributed by atoms with Gasteiger partial charge in [0.05, 0.1) is 5.52 Å². The van der Waals surface area contributed by atoms with Gasteiger partial charge in [-0.15, -0.1) is 0 Å². The minimum Gasteiger partial charge on any atom is -0.465 e. The van der Waals surface area contributed by atoms with Crippen LogP contribution in [0.2, 0.25) is 5.02 Å². The fourth-order valence-electron chi connectivity index (χ4n) is 3.23. The molecule has 8 nitrogen and oxygen atoms in total. The van der Waals surface area contributed by atoms with Gasteiger partial charge in [0.25, 0.3) is 0 Å². The van der Waals surface area contributed by atoms with Gasteiger partial charge in [-0.25, -0.2) is 14.8 Å². The molecule has 2 aromatic heterocycles. The number of benzene rings is 2. The molecule has 0 atom stereocenters. The molecule has 9 heteroatoms. The number of fused-ring (bicyclic) bond motifs is 1. The molecule has 158 valence electrons. The largest absolute Gasteiger partial charge is 0.465 e. The summed E-state index contributed by atoms with van der Waals surface area (Å²) >= 11 is 6.03. The summed E-state index contributed by atoms with van der Waals surface area (Å²) in [6.07, 6.45) is 2.30. The van der Waals surface area contributed by atoms with Gasteiger partial charge in [-0.2, -0.15) is 0 Å². The van der Waals surface area contributed by atoms with Gasteiger partial charge >= 0.3 is 6.09 Å². The van der Waals surface area contributed by atoms with Gasteiger partial charge < -0.3 is 25.0 Å². The van der Waals surface area contributed by atoms with Crippen molar-refractivity contribution in [1.29, 1.82) is 0 Å². The zero-order chi connectivity index (χ0) is 21.8. The number of carbonyl (C=O) groups is 1. The fraction of sp³-hybridized carbons (Fsp3) is 0.136. The number of rotatable bonds is 7. The number of ether oxygens (including phenoxy) is 1. The van der Waals surface area contributed by atoms with Gasteiger partial charge in [-0.1, -0.05) is 17.7 Å². The summed E-state index contributed by atoms with van der Waals surface area (Å²) in [4.78, 5) is 19.4. The predicted molar refractivity (Wildman–Crippen MR) is 120 cm³/mol. The van der Waals surface area contributed by atoms with Crippen molar-refractivity contribution >= 4 is 40.2 Å². The van der Waals surface area contributed by atoms with Gasteiger partial charge in [-0.05, 0) is 55.0 Å². The molecule has 0 saturated carbocycles. The molecule has 0 bridgehead atoms. The Kier molecular flexibility index (Phi) is 5.90. The first-order valence-corrected chi connectivity index (χ1v) is 9.95. The van der Waals surface area contributed by atoms with E-state index in [9.17, 15) is 4.79 Å². The van der Waals surface area contributed by atoms with E-state index in [1.54, 1.807) is 12.1 Å². The van der Waals surface area contributed by atoms with Crippen LogP contribution in [0.5, 0.6) is 11.5 Å².